The van der Waals surface area contributed by atoms with Gasteiger partial charge < -0.3 is 20.8 Å². The van der Waals surface area contributed by atoms with Crippen LogP contribution in [-0.4, -0.2) is 34.0 Å². The Morgan fingerprint density at radius 3 is 1.42 bits per heavy atom. The van der Waals surface area contributed by atoms with E-state index in [0.29, 0.717) is 0 Å². The van der Waals surface area contributed by atoms with E-state index in [-0.39, 0.29) is 35.4 Å². The Hall–Kier alpha value is -0.240. The van der Waals surface area contributed by atoms with Crippen molar-refractivity contribution in [2.45, 2.75) is 13.8 Å². The van der Waals surface area contributed by atoms with E-state index in [1.807, 2.05) is 0 Å². The number of nitrogens with zero attached hydrogens (tertiary/aromatic N) is 2. The molecule has 0 rings (SSSR count). The van der Waals surface area contributed by atoms with E-state index in [4.69, 9.17) is 10.4 Å². The van der Waals surface area contributed by atoms with Gasteiger partial charge in [0.25, 0.3) is 0 Å². The first-order valence-corrected chi connectivity index (χ1v) is 3.70. The Morgan fingerprint density at radius 2 is 1.25 bits per heavy atom. The molecule has 74 valence electrons. The Kier molecular flexibility index (Phi) is 5.31. The molecule has 0 fully saturated rings. The van der Waals surface area contributed by atoms with Crippen molar-refractivity contribution < 1.29 is 10.4 Å². The molecule has 0 saturated carbocycles. The summed E-state index contributed by atoms with van der Waals surface area (Å²) in [5, 5.41) is 36.6. The van der Waals surface area contributed by atoms with Crippen molar-refractivity contribution in [2.24, 2.45) is 11.8 Å². The smallest absolute Gasteiger partial charge is 0.0132 e. The van der Waals surface area contributed by atoms with Crippen LogP contribution in [0.5, 0.6) is 0 Å². The average molecular weight is 178 g/mol. The van der Waals surface area contributed by atoms with Crippen LogP contribution in [0.2, 0.25) is 0 Å². The minimum atomic E-state index is -0.173. The predicted octanol–water partition coefficient (Wildman–Crippen LogP) is 0.637. The minimum Gasteiger partial charge on any atom is -0.762 e. The molecule has 0 saturated heterocycles. The Bertz CT molecular complexity index is 106. The SMILES string of the molecule is CC(CN([O-])O)C(C)CN([O-])O. The van der Waals surface area contributed by atoms with Crippen LogP contribution in [0.4, 0.5) is 0 Å². The van der Waals surface area contributed by atoms with Crippen LogP contribution < -0.4 is 0 Å². The standard InChI is InChI=1S/C6H14N2O4/c1-5(3-7(9)10)6(2)4-8(11)12/h5-6,9,11H,3-4H2,1-2H3/q-2. The highest BCUT2D eigenvalue weighted by Gasteiger charge is 2.12. The van der Waals surface area contributed by atoms with E-state index < -0.39 is 0 Å². The van der Waals surface area contributed by atoms with Crippen LogP contribution in [0, 0.1) is 22.3 Å². The highest BCUT2D eigenvalue weighted by atomic mass is 16.8. The van der Waals surface area contributed by atoms with E-state index in [0.717, 1.165) is 0 Å². The molecule has 0 aliphatic heterocycles. The topological polar surface area (TPSA) is 93.1 Å². The molecule has 0 radical (unpaired) electrons. The van der Waals surface area contributed by atoms with E-state index in [1.54, 1.807) is 13.8 Å². The maximum absolute atomic E-state index is 10.2. The summed E-state index contributed by atoms with van der Waals surface area (Å²) >= 11 is 0. The third-order valence-electron chi connectivity index (χ3n) is 1.86. The molecule has 2 N–H and O–H groups in total. The quantitative estimate of drug-likeness (QED) is 0.600. The molecule has 0 aliphatic rings. The largest absolute Gasteiger partial charge is 0.762 e. The maximum Gasteiger partial charge on any atom is 0.0132 e. The van der Waals surface area contributed by atoms with Crippen molar-refractivity contribution in [2.75, 3.05) is 13.1 Å². The molecule has 0 heterocycles. The highest BCUT2D eigenvalue weighted by Crippen LogP contribution is 2.12. The first kappa shape index (κ1) is 11.8. The van der Waals surface area contributed by atoms with Crippen LogP contribution in [0.3, 0.4) is 0 Å². The number of hydroxylamine groups is 4. The summed E-state index contributed by atoms with van der Waals surface area (Å²) in [4.78, 5) is 0. The fourth-order valence-corrected chi connectivity index (χ4v) is 0.853. The molecular formula is C6H14N2O4-2. The van der Waals surface area contributed by atoms with Gasteiger partial charge in [0.15, 0.2) is 0 Å². The number of hydrogen-bond donors (Lipinski definition) is 2. The first-order chi connectivity index (χ1) is 5.43. The molecule has 0 aromatic carbocycles. The van der Waals surface area contributed by atoms with Gasteiger partial charge in [-0.1, -0.05) is 13.8 Å². The van der Waals surface area contributed by atoms with Crippen LogP contribution in [0.15, 0.2) is 0 Å². The van der Waals surface area contributed by atoms with E-state index in [1.165, 1.54) is 0 Å². The first-order valence-electron chi connectivity index (χ1n) is 3.70. The lowest BCUT2D eigenvalue weighted by Crippen LogP contribution is -2.29. The normalized spacial score (nSPS) is 17.0. The summed E-state index contributed by atoms with van der Waals surface area (Å²) in [5.74, 6) is -0.285. The average Bonchev–Trinajstić information content (AvgIpc) is 1.84. The Morgan fingerprint density at radius 1 is 1.00 bits per heavy atom. The van der Waals surface area contributed by atoms with Crippen LogP contribution in [0.1, 0.15) is 13.8 Å². The Labute approximate surface area is 71.1 Å². The zero-order valence-electron chi connectivity index (χ0n) is 7.17. The number of rotatable bonds is 5. The monoisotopic (exact) mass is 178 g/mol. The molecule has 0 amide bonds. The lowest BCUT2D eigenvalue weighted by molar-refractivity contribution is -0.0764. The van der Waals surface area contributed by atoms with Crippen molar-refractivity contribution in [3.63, 3.8) is 0 Å². The molecule has 0 aliphatic carbocycles. The molecule has 12 heavy (non-hydrogen) atoms. The van der Waals surface area contributed by atoms with Gasteiger partial charge in [-0.15, -0.1) is 0 Å². The van der Waals surface area contributed by atoms with Gasteiger partial charge in [-0.3, -0.25) is 10.5 Å². The number of hydrogen-bond acceptors (Lipinski definition) is 6. The molecule has 0 spiro atoms. The van der Waals surface area contributed by atoms with Crippen LogP contribution >= 0.6 is 0 Å². The van der Waals surface area contributed by atoms with Gasteiger partial charge in [0, 0.05) is 13.1 Å². The van der Waals surface area contributed by atoms with E-state index >= 15 is 0 Å². The predicted molar refractivity (Wildman–Crippen MR) is 42.0 cm³/mol. The molecular weight excluding hydrogens is 164 g/mol. The summed E-state index contributed by atoms with van der Waals surface area (Å²) in [7, 11) is 0. The molecule has 2 atom stereocenters. The summed E-state index contributed by atoms with van der Waals surface area (Å²) in [6, 6.07) is 0. The second-order valence-corrected chi connectivity index (χ2v) is 3.02. The molecule has 0 aromatic rings. The van der Waals surface area contributed by atoms with Gasteiger partial charge in [0.1, 0.15) is 0 Å². The highest BCUT2D eigenvalue weighted by molar-refractivity contribution is 4.66. The fraction of sp³-hybridized carbons (Fsp3) is 1.00. The van der Waals surface area contributed by atoms with Crippen LogP contribution in [0.25, 0.3) is 0 Å². The summed E-state index contributed by atoms with van der Waals surface area (Å²) in [6.45, 7) is 3.31. The van der Waals surface area contributed by atoms with Gasteiger partial charge in [-0.25, -0.2) is 0 Å². The molecule has 6 nitrogen and oxygen atoms in total. The van der Waals surface area contributed by atoms with Gasteiger partial charge in [0.2, 0.25) is 0 Å². The van der Waals surface area contributed by atoms with Gasteiger partial charge in [-0.2, -0.15) is 0 Å². The van der Waals surface area contributed by atoms with Crippen molar-refractivity contribution in [3.8, 4) is 0 Å². The van der Waals surface area contributed by atoms with Crippen molar-refractivity contribution in [1.29, 1.82) is 0 Å². The zero-order valence-corrected chi connectivity index (χ0v) is 7.17. The fourth-order valence-electron chi connectivity index (χ4n) is 0.853. The van der Waals surface area contributed by atoms with E-state index in [2.05, 4.69) is 0 Å². The summed E-state index contributed by atoms with van der Waals surface area (Å²) in [5.41, 5.74) is 0. The minimum absolute atomic E-state index is 0.0605. The van der Waals surface area contributed by atoms with Gasteiger partial charge >= 0.3 is 0 Å². The van der Waals surface area contributed by atoms with Crippen LogP contribution in [-0.2, 0) is 0 Å². The maximum atomic E-state index is 10.2. The lowest BCUT2D eigenvalue weighted by Gasteiger charge is -2.31. The van der Waals surface area contributed by atoms with Crippen molar-refractivity contribution in [3.05, 3.63) is 10.4 Å². The third kappa shape index (κ3) is 5.42. The summed E-state index contributed by atoms with van der Waals surface area (Å²) < 4.78 is 0. The second kappa shape index (κ2) is 5.41. The van der Waals surface area contributed by atoms with Gasteiger partial charge in [-0.05, 0) is 11.8 Å². The lowest BCUT2D eigenvalue weighted by atomic mass is 9.96. The third-order valence-corrected chi connectivity index (χ3v) is 1.86. The molecule has 2 unspecified atom stereocenters. The van der Waals surface area contributed by atoms with E-state index in [9.17, 15) is 10.4 Å². The van der Waals surface area contributed by atoms with Gasteiger partial charge in [0.05, 0.1) is 0 Å². The zero-order chi connectivity index (χ0) is 9.72. The van der Waals surface area contributed by atoms with Crippen molar-refractivity contribution in [1.82, 2.24) is 10.5 Å². The molecule has 6 heteroatoms. The second-order valence-electron chi connectivity index (χ2n) is 3.02. The van der Waals surface area contributed by atoms with Crippen molar-refractivity contribution >= 4 is 0 Å². The molecule has 0 bridgehead atoms. The summed E-state index contributed by atoms with van der Waals surface area (Å²) in [6.07, 6.45) is 0. The molecule has 0 aromatic heterocycles. The Balaban J connectivity index is 3.68.